The van der Waals surface area contributed by atoms with Crippen LogP contribution in [0.2, 0.25) is 0 Å². The van der Waals surface area contributed by atoms with Gasteiger partial charge in [0.2, 0.25) is 16.0 Å². The lowest BCUT2D eigenvalue weighted by molar-refractivity contribution is 0.597. The van der Waals surface area contributed by atoms with E-state index in [0.717, 1.165) is 23.7 Å². The maximum Gasteiger partial charge on any atom is 0.238 e. The Balaban J connectivity index is 1.50. The van der Waals surface area contributed by atoms with Gasteiger partial charge in [-0.2, -0.15) is 4.98 Å². The maximum atomic E-state index is 14.3. The molecule has 0 unspecified atom stereocenters. The second-order valence-electron chi connectivity index (χ2n) is 7.40. The molecule has 0 radical (unpaired) electrons. The first kappa shape index (κ1) is 22.3. The first-order chi connectivity index (χ1) is 15.8. The molecule has 0 aliphatic rings. The summed E-state index contributed by atoms with van der Waals surface area (Å²) in [4.78, 5) is 12.2. The first-order valence-corrected chi connectivity index (χ1v) is 11.5. The summed E-state index contributed by atoms with van der Waals surface area (Å²) in [5, 5.41) is 11.1. The molecule has 0 amide bonds. The average Bonchev–Trinajstić information content (AvgIpc) is 2.78. The SMILES string of the molecule is Cc1ccc(Nc2ncc(F)c(Nc3ccc(Cc4cccnc4)cc3)n2)cc1S(N)(=O)=O. The lowest BCUT2D eigenvalue weighted by Gasteiger charge is -2.11. The fourth-order valence-electron chi connectivity index (χ4n) is 3.21. The molecule has 2 heterocycles. The molecule has 0 aliphatic carbocycles. The van der Waals surface area contributed by atoms with E-state index in [1.165, 1.54) is 6.07 Å². The Morgan fingerprint density at radius 1 is 0.970 bits per heavy atom. The Kier molecular flexibility index (Phi) is 6.29. The van der Waals surface area contributed by atoms with E-state index < -0.39 is 15.8 Å². The number of sulfonamides is 1. The number of nitrogens with two attached hydrogens (primary N) is 1. The van der Waals surface area contributed by atoms with Crippen molar-refractivity contribution < 1.29 is 12.8 Å². The van der Waals surface area contributed by atoms with E-state index in [1.54, 1.807) is 25.3 Å². The average molecular weight is 465 g/mol. The summed E-state index contributed by atoms with van der Waals surface area (Å²) in [6.45, 7) is 1.64. The van der Waals surface area contributed by atoms with Crippen LogP contribution in [0.15, 0.2) is 78.1 Å². The number of benzene rings is 2. The molecular weight excluding hydrogens is 443 g/mol. The highest BCUT2D eigenvalue weighted by molar-refractivity contribution is 7.89. The highest BCUT2D eigenvalue weighted by atomic mass is 32.2. The normalized spacial score (nSPS) is 11.2. The van der Waals surface area contributed by atoms with Crippen molar-refractivity contribution >= 4 is 33.2 Å². The van der Waals surface area contributed by atoms with Crippen molar-refractivity contribution in [3.63, 3.8) is 0 Å². The predicted molar refractivity (Wildman–Crippen MR) is 125 cm³/mol. The number of pyridine rings is 1. The Morgan fingerprint density at radius 2 is 1.73 bits per heavy atom. The van der Waals surface area contributed by atoms with Gasteiger partial charge in [0.1, 0.15) is 0 Å². The van der Waals surface area contributed by atoms with Gasteiger partial charge in [0.15, 0.2) is 11.6 Å². The minimum absolute atomic E-state index is 0.0145. The van der Waals surface area contributed by atoms with Crippen LogP contribution in [-0.4, -0.2) is 23.4 Å². The number of nitrogens with zero attached hydrogens (tertiary/aromatic N) is 3. The monoisotopic (exact) mass is 464 g/mol. The van der Waals surface area contributed by atoms with E-state index in [0.29, 0.717) is 16.9 Å². The van der Waals surface area contributed by atoms with Crippen molar-refractivity contribution in [2.24, 2.45) is 5.14 Å². The van der Waals surface area contributed by atoms with Gasteiger partial charge < -0.3 is 10.6 Å². The molecule has 10 heteroatoms. The van der Waals surface area contributed by atoms with Crippen LogP contribution in [0.25, 0.3) is 0 Å². The molecule has 0 aliphatic heterocycles. The van der Waals surface area contributed by atoms with Gasteiger partial charge in [0.05, 0.1) is 11.1 Å². The fourth-order valence-corrected chi connectivity index (χ4v) is 4.02. The Hall–Kier alpha value is -3.89. The van der Waals surface area contributed by atoms with E-state index in [2.05, 4.69) is 25.6 Å². The molecule has 0 fully saturated rings. The second-order valence-corrected chi connectivity index (χ2v) is 8.93. The molecule has 0 saturated carbocycles. The lowest BCUT2D eigenvalue weighted by atomic mass is 10.1. The van der Waals surface area contributed by atoms with Gasteiger partial charge in [-0.1, -0.05) is 24.3 Å². The van der Waals surface area contributed by atoms with Crippen LogP contribution < -0.4 is 15.8 Å². The zero-order valence-corrected chi connectivity index (χ0v) is 18.5. The van der Waals surface area contributed by atoms with Crippen LogP contribution in [0.5, 0.6) is 0 Å². The van der Waals surface area contributed by atoms with E-state index in [9.17, 15) is 12.8 Å². The molecule has 0 spiro atoms. The molecule has 168 valence electrons. The fraction of sp³-hybridized carbons (Fsp3) is 0.0870. The topological polar surface area (TPSA) is 123 Å². The minimum atomic E-state index is -3.88. The van der Waals surface area contributed by atoms with E-state index in [4.69, 9.17) is 5.14 Å². The molecule has 0 saturated heterocycles. The third kappa shape index (κ3) is 5.68. The molecule has 33 heavy (non-hydrogen) atoms. The Morgan fingerprint density at radius 3 is 2.42 bits per heavy atom. The van der Waals surface area contributed by atoms with Crippen LogP contribution in [-0.2, 0) is 16.4 Å². The summed E-state index contributed by atoms with van der Waals surface area (Å²) in [5.74, 6) is -0.559. The van der Waals surface area contributed by atoms with Crippen LogP contribution in [0.1, 0.15) is 16.7 Å². The summed E-state index contributed by atoms with van der Waals surface area (Å²) >= 11 is 0. The summed E-state index contributed by atoms with van der Waals surface area (Å²) in [7, 11) is -3.88. The van der Waals surface area contributed by atoms with Crippen molar-refractivity contribution in [3.8, 4) is 0 Å². The largest absolute Gasteiger partial charge is 0.338 e. The van der Waals surface area contributed by atoms with Crippen LogP contribution in [0.3, 0.4) is 0 Å². The molecule has 2 aromatic heterocycles. The predicted octanol–water partition coefficient (Wildman–Crippen LogP) is 4.04. The van der Waals surface area contributed by atoms with Gasteiger partial charge in [0.25, 0.3) is 0 Å². The van der Waals surface area contributed by atoms with Gasteiger partial charge in [-0.15, -0.1) is 0 Å². The second kappa shape index (κ2) is 9.31. The summed E-state index contributed by atoms with van der Waals surface area (Å²) in [6.07, 6.45) is 5.31. The maximum absolute atomic E-state index is 14.3. The third-order valence-electron chi connectivity index (χ3n) is 4.84. The number of hydrogen-bond acceptors (Lipinski definition) is 7. The van der Waals surface area contributed by atoms with Gasteiger partial charge in [0, 0.05) is 23.8 Å². The number of aromatic nitrogens is 3. The summed E-state index contributed by atoms with van der Waals surface area (Å²) in [6, 6.07) is 16.1. The van der Waals surface area contributed by atoms with Gasteiger partial charge >= 0.3 is 0 Å². The van der Waals surface area contributed by atoms with Crippen LogP contribution >= 0.6 is 0 Å². The van der Waals surface area contributed by atoms with E-state index in [-0.39, 0.29) is 16.7 Å². The van der Waals surface area contributed by atoms with Crippen LogP contribution in [0.4, 0.5) is 27.5 Å². The number of primary sulfonamides is 1. The Labute approximate surface area is 190 Å². The van der Waals surface area contributed by atoms with Crippen molar-refractivity contribution in [2.75, 3.05) is 10.6 Å². The quantitative estimate of drug-likeness (QED) is 0.377. The molecule has 4 aromatic rings. The zero-order valence-electron chi connectivity index (χ0n) is 17.7. The van der Waals surface area contributed by atoms with Crippen molar-refractivity contribution in [1.29, 1.82) is 0 Å². The summed E-state index contributed by atoms with van der Waals surface area (Å²) in [5.41, 5.74) is 3.75. The smallest absolute Gasteiger partial charge is 0.238 e. The highest BCUT2D eigenvalue weighted by Gasteiger charge is 2.13. The van der Waals surface area contributed by atoms with Crippen molar-refractivity contribution in [3.05, 3.63) is 95.7 Å². The Bertz CT molecular complexity index is 1380. The number of nitrogens with one attached hydrogen (secondary N) is 2. The number of aryl methyl sites for hydroxylation is 1. The van der Waals surface area contributed by atoms with Crippen LogP contribution in [0, 0.1) is 12.7 Å². The van der Waals surface area contributed by atoms with E-state index >= 15 is 0 Å². The third-order valence-corrected chi connectivity index (χ3v) is 5.90. The highest BCUT2D eigenvalue weighted by Crippen LogP contribution is 2.24. The van der Waals surface area contributed by atoms with Crippen molar-refractivity contribution in [1.82, 2.24) is 15.0 Å². The standard InChI is InChI=1S/C23H21FN6O2S/c1-15-4-7-19(12-21(15)33(25,31)32)29-23-27-14-20(24)22(30-23)28-18-8-5-16(6-9-18)11-17-3-2-10-26-13-17/h2-10,12-14H,11H2,1H3,(H2,25,31,32)(H2,27,28,29,30). The number of anilines is 4. The van der Waals surface area contributed by atoms with Gasteiger partial charge in [-0.3, -0.25) is 4.98 Å². The number of halogens is 1. The molecule has 8 nitrogen and oxygen atoms in total. The van der Waals surface area contributed by atoms with Crippen molar-refractivity contribution in [2.45, 2.75) is 18.2 Å². The van der Waals surface area contributed by atoms with E-state index in [1.807, 2.05) is 42.6 Å². The number of rotatable bonds is 7. The van der Waals surface area contributed by atoms with Gasteiger partial charge in [-0.05, 0) is 60.4 Å². The van der Waals surface area contributed by atoms with Gasteiger partial charge in [-0.25, -0.2) is 22.9 Å². The number of hydrogen-bond donors (Lipinski definition) is 3. The lowest BCUT2D eigenvalue weighted by Crippen LogP contribution is -2.14. The molecule has 0 atom stereocenters. The molecule has 2 aromatic carbocycles. The summed E-state index contributed by atoms with van der Waals surface area (Å²) < 4.78 is 37.8. The molecule has 4 N–H and O–H groups in total. The molecule has 4 rings (SSSR count). The molecular formula is C23H21FN6O2S. The minimum Gasteiger partial charge on any atom is -0.338 e. The first-order valence-electron chi connectivity index (χ1n) is 9.96. The zero-order chi connectivity index (χ0) is 23.4. The molecule has 0 bridgehead atoms.